The normalized spacial score (nSPS) is 15.6. The molecule has 2 aromatic rings. The first-order valence-corrected chi connectivity index (χ1v) is 10.7. The van der Waals surface area contributed by atoms with Crippen LogP contribution >= 0.6 is 0 Å². The predicted molar refractivity (Wildman–Crippen MR) is 122 cm³/mol. The molecule has 0 bridgehead atoms. The number of esters is 1. The fraction of sp³-hybridized carbons (Fsp3) is 0.458. The number of hydrogen-bond donors (Lipinski definition) is 1. The number of aliphatic hydroxyl groups is 1. The van der Waals surface area contributed by atoms with Gasteiger partial charge in [-0.1, -0.05) is 0 Å². The van der Waals surface area contributed by atoms with E-state index in [1.54, 1.807) is 25.3 Å². The molecule has 32 heavy (non-hydrogen) atoms. The van der Waals surface area contributed by atoms with Crippen molar-refractivity contribution in [2.24, 2.45) is 0 Å². The molecule has 8 nitrogen and oxygen atoms in total. The summed E-state index contributed by atoms with van der Waals surface area (Å²) in [5.74, 6) is 1.30. The number of carbonyl (C=O) groups is 1. The van der Waals surface area contributed by atoms with Gasteiger partial charge in [-0.2, -0.15) is 0 Å². The zero-order valence-corrected chi connectivity index (χ0v) is 19.0. The van der Waals surface area contributed by atoms with Gasteiger partial charge in [0.25, 0.3) is 0 Å². The van der Waals surface area contributed by atoms with Crippen molar-refractivity contribution in [1.82, 2.24) is 4.90 Å². The van der Waals surface area contributed by atoms with Gasteiger partial charge in [0.2, 0.25) is 0 Å². The average molecular weight is 445 g/mol. The van der Waals surface area contributed by atoms with Crippen molar-refractivity contribution < 1.29 is 28.8 Å². The summed E-state index contributed by atoms with van der Waals surface area (Å²) in [7, 11) is 4.50. The topological polar surface area (TPSA) is 80.7 Å². The first-order valence-electron chi connectivity index (χ1n) is 10.7. The summed E-state index contributed by atoms with van der Waals surface area (Å²) >= 11 is 0. The van der Waals surface area contributed by atoms with Crippen LogP contribution in [-0.2, 0) is 4.74 Å². The number of nitrogens with zero attached hydrogens (tertiary/aromatic N) is 2. The first-order chi connectivity index (χ1) is 15.5. The SMILES string of the molecule is COC(=O)c1ccc(OCC(O)CN2CCCN(c3ccc(OC)cc3)CC2)c(OC)c1. The average Bonchev–Trinajstić information content (AvgIpc) is 3.07. The fourth-order valence-electron chi connectivity index (χ4n) is 3.77. The van der Waals surface area contributed by atoms with Crippen LogP contribution in [0.5, 0.6) is 17.2 Å². The first kappa shape index (κ1) is 23.7. The number of benzene rings is 2. The lowest BCUT2D eigenvalue weighted by Gasteiger charge is -2.25. The van der Waals surface area contributed by atoms with Gasteiger partial charge in [0.05, 0.1) is 26.9 Å². The highest BCUT2D eigenvalue weighted by atomic mass is 16.5. The quantitative estimate of drug-likeness (QED) is 0.591. The van der Waals surface area contributed by atoms with Gasteiger partial charge in [-0.05, 0) is 55.4 Å². The standard InChI is InChI=1S/C24H32N2O6/c1-29-21-8-6-19(7-9-21)26-12-4-11-25(13-14-26)16-20(27)17-32-22-10-5-18(24(28)31-3)15-23(22)30-2/h5-10,15,20,27H,4,11-14,16-17H2,1-3H3. The second-order valence-corrected chi connectivity index (χ2v) is 7.66. The molecule has 1 saturated heterocycles. The van der Waals surface area contributed by atoms with Crippen LogP contribution in [0.3, 0.4) is 0 Å². The van der Waals surface area contributed by atoms with Gasteiger partial charge in [-0.15, -0.1) is 0 Å². The Balaban J connectivity index is 1.49. The van der Waals surface area contributed by atoms with E-state index in [4.69, 9.17) is 18.9 Å². The van der Waals surface area contributed by atoms with Gasteiger partial charge >= 0.3 is 5.97 Å². The Kier molecular flexibility index (Phi) is 8.58. The number of methoxy groups -OCH3 is 3. The number of carbonyl (C=O) groups excluding carboxylic acids is 1. The van der Waals surface area contributed by atoms with Crippen LogP contribution in [0, 0.1) is 0 Å². The van der Waals surface area contributed by atoms with Crippen LogP contribution in [0.15, 0.2) is 42.5 Å². The lowest BCUT2D eigenvalue weighted by molar-refractivity contribution is 0.0598. The van der Waals surface area contributed by atoms with Gasteiger partial charge in [0, 0.05) is 31.9 Å². The molecule has 0 spiro atoms. The lowest BCUT2D eigenvalue weighted by Crippen LogP contribution is -2.38. The maximum atomic E-state index is 11.7. The molecule has 8 heteroatoms. The zero-order chi connectivity index (χ0) is 22.9. The van der Waals surface area contributed by atoms with Crippen molar-refractivity contribution in [3.05, 3.63) is 48.0 Å². The monoisotopic (exact) mass is 444 g/mol. The van der Waals surface area contributed by atoms with E-state index in [0.29, 0.717) is 23.6 Å². The Morgan fingerprint density at radius 2 is 1.75 bits per heavy atom. The minimum atomic E-state index is -0.646. The van der Waals surface area contributed by atoms with E-state index in [2.05, 4.69) is 21.9 Å². The van der Waals surface area contributed by atoms with Gasteiger partial charge in [0.15, 0.2) is 11.5 Å². The molecule has 174 valence electrons. The summed E-state index contributed by atoms with van der Waals surface area (Å²) in [6.07, 6.45) is 0.370. The molecule has 1 N–H and O–H groups in total. The number of hydrogen-bond acceptors (Lipinski definition) is 8. The number of β-amino-alcohol motifs (C(OH)–C–C–N with tert-alkyl or cyclic N) is 1. The van der Waals surface area contributed by atoms with Crippen LogP contribution < -0.4 is 19.1 Å². The van der Waals surface area contributed by atoms with E-state index < -0.39 is 12.1 Å². The molecule has 1 aliphatic heterocycles. The largest absolute Gasteiger partial charge is 0.497 e. The molecule has 1 atom stereocenters. The van der Waals surface area contributed by atoms with Crippen molar-refractivity contribution >= 4 is 11.7 Å². The smallest absolute Gasteiger partial charge is 0.337 e. The Morgan fingerprint density at radius 3 is 2.44 bits per heavy atom. The second kappa shape index (κ2) is 11.6. The maximum absolute atomic E-state index is 11.7. The van der Waals surface area contributed by atoms with Crippen LogP contribution in [0.4, 0.5) is 5.69 Å². The van der Waals surface area contributed by atoms with E-state index in [1.807, 2.05) is 12.1 Å². The molecule has 0 aromatic heterocycles. The summed E-state index contributed by atoms with van der Waals surface area (Å²) in [5.41, 5.74) is 1.56. The Hall–Kier alpha value is -2.97. The molecule has 2 aromatic carbocycles. The van der Waals surface area contributed by atoms with Crippen molar-refractivity contribution in [3.63, 3.8) is 0 Å². The van der Waals surface area contributed by atoms with Gasteiger partial charge < -0.3 is 29.0 Å². The molecule has 0 saturated carbocycles. The molecule has 0 radical (unpaired) electrons. The number of aliphatic hydroxyl groups excluding tert-OH is 1. The van der Waals surface area contributed by atoms with Gasteiger partial charge in [-0.25, -0.2) is 4.79 Å². The Bertz CT molecular complexity index is 873. The highest BCUT2D eigenvalue weighted by Gasteiger charge is 2.19. The van der Waals surface area contributed by atoms with Crippen molar-refractivity contribution in [2.45, 2.75) is 12.5 Å². The molecule has 1 aliphatic rings. The molecule has 1 fully saturated rings. The summed E-state index contributed by atoms with van der Waals surface area (Å²) in [4.78, 5) is 16.3. The third-order valence-electron chi connectivity index (χ3n) is 5.51. The van der Waals surface area contributed by atoms with Crippen molar-refractivity contribution in [1.29, 1.82) is 0 Å². The number of rotatable bonds is 9. The molecule has 3 rings (SSSR count). The minimum Gasteiger partial charge on any atom is -0.497 e. The highest BCUT2D eigenvalue weighted by molar-refractivity contribution is 5.90. The molecule has 0 aliphatic carbocycles. The van der Waals surface area contributed by atoms with E-state index in [9.17, 15) is 9.90 Å². The van der Waals surface area contributed by atoms with E-state index in [1.165, 1.54) is 19.9 Å². The van der Waals surface area contributed by atoms with Crippen LogP contribution in [0.1, 0.15) is 16.8 Å². The van der Waals surface area contributed by atoms with Crippen LogP contribution in [0.2, 0.25) is 0 Å². The molecule has 1 unspecified atom stereocenters. The summed E-state index contributed by atoms with van der Waals surface area (Å²) in [6.45, 7) is 4.30. The van der Waals surface area contributed by atoms with Crippen LogP contribution in [-0.4, -0.2) is 82.7 Å². The summed E-state index contributed by atoms with van der Waals surface area (Å²) in [6, 6.07) is 12.9. The van der Waals surface area contributed by atoms with E-state index in [-0.39, 0.29) is 6.61 Å². The molecular formula is C24H32N2O6. The Labute approximate surface area is 189 Å². The molecule has 1 heterocycles. The van der Waals surface area contributed by atoms with E-state index >= 15 is 0 Å². The maximum Gasteiger partial charge on any atom is 0.337 e. The van der Waals surface area contributed by atoms with Gasteiger partial charge in [-0.3, -0.25) is 4.90 Å². The summed E-state index contributed by atoms with van der Waals surface area (Å²) in [5, 5.41) is 10.5. The second-order valence-electron chi connectivity index (χ2n) is 7.66. The van der Waals surface area contributed by atoms with E-state index in [0.717, 1.165) is 38.3 Å². The Morgan fingerprint density at radius 1 is 0.969 bits per heavy atom. The molecular weight excluding hydrogens is 412 g/mol. The van der Waals surface area contributed by atoms with Crippen molar-refractivity contribution in [3.8, 4) is 17.2 Å². The zero-order valence-electron chi connectivity index (χ0n) is 19.0. The minimum absolute atomic E-state index is 0.132. The fourth-order valence-corrected chi connectivity index (χ4v) is 3.77. The number of ether oxygens (including phenoxy) is 4. The molecule has 0 amide bonds. The van der Waals surface area contributed by atoms with Crippen LogP contribution in [0.25, 0.3) is 0 Å². The highest BCUT2D eigenvalue weighted by Crippen LogP contribution is 2.28. The van der Waals surface area contributed by atoms with Gasteiger partial charge in [0.1, 0.15) is 18.5 Å². The summed E-state index contributed by atoms with van der Waals surface area (Å²) < 4.78 is 21.0. The third-order valence-corrected chi connectivity index (χ3v) is 5.51. The number of anilines is 1. The predicted octanol–water partition coefficient (Wildman–Crippen LogP) is 2.44. The van der Waals surface area contributed by atoms with Crippen molar-refractivity contribution in [2.75, 3.05) is 65.6 Å². The third kappa shape index (κ3) is 6.27. The lowest BCUT2D eigenvalue weighted by atomic mass is 10.2.